The lowest BCUT2D eigenvalue weighted by Crippen LogP contribution is -2.35. The molecule has 0 N–H and O–H groups in total. The van der Waals surface area contributed by atoms with E-state index in [0.29, 0.717) is 0 Å². The van der Waals surface area contributed by atoms with Crippen molar-refractivity contribution < 1.29 is 4.42 Å². The minimum Gasteiger partial charge on any atom is -0.456 e. The molecule has 0 aliphatic heterocycles. The summed E-state index contributed by atoms with van der Waals surface area (Å²) in [6.45, 7) is 0. The zero-order chi connectivity index (χ0) is 41.4. The zero-order valence-electron chi connectivity index (χ0n) is 34.7. The van der Waals surface area contributed by atoms with Crippen molar-refractivity contribution in [1.29, 1.82) is 0 Å². The Kier molecular flexibility index (Phi) is 8.52. The number of allylic oxidation sites excluding steroid dienone is 7. The number of furan rings is 1. The van der Waals surface area contributed by atoms with Gasteiger partial charge in [-0.3, -0.25) is 0 Å². The van der Waals surface area contributed by atoms with E-state index in [-0.39, 0.29) is 17.9 Å². The highest BCUT2D eigenvalue weighted by Gasteiger charge is 2.31. The lowest BCUT2D eigenvalue weighted by molar-refractivity contribution is 0.669. The molecule has 63 heavy (non-hydrogen) atoms. The van der Waals surface area contributed by atoms with Crippen molar-refractivity contribution in [3.63, 3.8) is 0 Å². The first-order valence-corrected chi connectivity index (χ1v) is 23.1. The van der Waals surface area contributed by atoms with Gasteiger partial charge in [0.25, 0.3) is 0 Å². The molecule has 13 rings (SSSR count). The fraction of sp³-hybridized carbons (Fsp3) is 0.100. The number of benzene rings is 7. The Hall–Kier alpha value is -7.20. The maximum atomic E-state index is 6.27. The molecule has 0 spiro atoms. The van der Waals surface area contributed by atoms with Gasteiger partial charge in [-0.05, 0) is 111 Å². The van der Waals surface area contributed by atoms with E-state index in [1.165, 1.54) is 87.2 Å². The van der Waals surface area contributed by atoms with Crippen LogP contribution in [0.15, 0.2) is 204 Å². The fourth-order valence-electron chi connectivity index (χ4n) is 10.8. The number of anilines is 1. The molecule has 3 atom stereocenters. The molecule has 0 saturated carbocycles. The van der Waals surface area contributed by atoms with Gasteiger partial charge in [0, 0.05) is 43.8 Å². The molecule has 0 saturated heterocycles. The molecule has 0 fully saturated rings. The van der Waals surface area contributed by atoms with Crippen LogP contribution in [0.5, 0.6) is 0 Å². The molecule has 2 nitrogen and oxygen atoms in total. The second-order valence-electron chi connectivity index (χ2n) is 17.4. The van der Waals surface area contributed by atoms with Gasteiger partial charge in [-0.2, -0.15) is 0 Å². The number of rotatable bonds is 6. The van der Waals surface area contributed by atoms with Crippen LogP contribution in [0.2, 0.25) is 0 Å². The minimum absolute atomic E-state index is 0.150. The smallest absolute Gasteiger partial charge is 0.136 e. The van der Waals surface area contributed by atoms with E-state index in [4.69, 9.17) is 4.42 Å². The Balaban J connectivity index is 0.882. The third kappa shape index (κ3) is 6.06. The monoisotopic (exact) mass is 825 g/mol. The van der Waals surface area contributed by atoms with Crippen molar-refractivity contribution in [3.8, 4) is 22.3 Å². The number of nitrogens with zero attached hydrogens (tertiary/aromatic N) is 1. The van der Waals surface area contributed by atoms with E-state index >= 15 is 0 Å². The Morgan fingerprint density at radius 3 is 2.27 bits per heavy atom. The molecule has 0 radical (unpaired) electrons. The number of fused-ring (bicyclic) bond motifs is 10. The molecule has 0 amide bonds. The topological polar surface area (TPSA) is 16.4 Å². The number of hydrogen-bond donors (Lipinski definition) is 0. The van der Waals surface area contributed by atoms with Crippen LogP contribution < -0.4 is 4.90 Å². The van der Waals surface area contributed by atoms with Gasteiger partial charge in [-0.15, -0.1) is 11.3 Å². The standard InChI is InChI=1S/C60H43NOS/c1-2-11-39(12-3-1)51-18-9-19-54-55-20-10-21-56(60(55)63-59(51)54)61(45-29-25-40(26-30-45)48-17-8-14-38-13-4-5-15-47(38)48)46-31-34-50-44(36-46)24-23-43-35-41(27-32-49(43)50)42-28-33-53-52-16-6-7-22-57(52)62-58(53)37-42/h1-4,6-14,16-29,31-37,44-45,50H,5,15,30H2. The molecule has 3 unspecified atom stereocenters. The van der Waals surface area contributed by atoms with Crippen LogP contribution in [-0.4, -0.2) is 6.04 Å². The first kappa shape index (κ1) is 36.5. The highest BCUT2D eigenvalue weighted by atomic mass is 32.1. The van der Waals surface area contributed by atoms with Crippen LogP contribution in [0, 0.1) is 5.92 Å². The summed E-state index contributed by atoms with van der Waals surface area (Å²) in [5.74, 6) is 0.509. The van der Waals surface area contributed by atoms with Gasteiger partial charge in [0.05, 0.1) is 16.4 Å². The molecule has 4 aliphatic rings. The summed E-state index contributed by atoms with van der Waals surface area (Å²) in [5, 5.41) is 4.96. The van der Waals surface area contributed by atoms with Crippen molar-refractivity contribution in [1.82, 2.24) is 0 Å². The third-order valence-corrected chi connectivity index (χ3v) is 15.1. The quantitative estimate of drug-likeness (QED) is 0.166. The van der Waals surface area contributed by atoms with Gasteiger partial charge in [0.2, 0.25) is 0 Å². The van der Waals surface area contributed by atoms with Gasteiger partial charge in [-0.25, -0.2) is 0 Å². The summed E-state index contributed by atoms with van der Waals surface area (Å²) in [6, 6.07) is 53.4. The highest BCUT2D eigenvalue weighted by Crippen LogP contribution is 2.48. The molecular weight excluding hydrogens is 783 g/mol. The van der Waals surface area contributed by atoms with Crippen molar-refractivity contribution in [3.05, 3.63) is 228 Å². The molecule has 2 heterocycles. The fourth-order valence-corrected chi connectivity index (χ4v) is 12.1. The van der Waals surface area contributed by atoms with Crippen LogP contribution in [0.1, 0.15) is 46.6 Å². The van der Waals surface area contributed by atoms with Crippen LogP contribution in [0.3, 0.4) is 0 Å². The Morgan fingerprint density at radius 2 is 1.35 bits per heavy atom. The molecule has 9 aromatic rings. The summed E-state index contributed by atoms with van der Waals surface area (Å²) < 4.78 is 8.94. The van der Waals surface area contributed by atoms with E-state index in [1.54, 1.807) is 0 Å². The summed E-state index contributed by atoms with van der Waals surface area (Å²) in [5.41, 5.74) is 17.5. The van der Waals surface area contributed by atoms with Crippen LogP contribution >= 0.6 is 11.3 Å². The first-order valence-electron chi connectivity index (χ1n) is 22.3. The summed E-state index contributed by atoms with van der Waals surface area (Å²) in [7, 11) is 0. The second kappa shape index (κ2) is 14.7. The van der Waals surface area contributed by atoms with Crippen molar-refractivity contribution in [2.75, 3.05) is 4.90 Å². The van der Waals surface area contributed by atoms with Gasteiger partial charge >= 0.3 is 0 Å². The maximum absolute atomic E-state index is 6.27. The van der Waals surface area contributed by atoms with E-state index < -0.39 is 0 Å². The number of para-hydroxylation sites is 1. The Labute approximate surface area is 371 Å². The lowest BCUT2D eigenvalue weighted by atomic mass is 9.76. The lowest BCUT2D eigenvalue weighted by Gasteiger charge is -2.38. The van der Waals surface area contributed by atoms with Gasteiger partial charge in [-0.1, -0.05) is 170 Å². The highest BCUT2D eigenvalue weighted by molar-refractivity contribution is 7.27. The molecule has 300 valence electrons. The molecule has 3 heteroatoms. The van der Waals surface area contributed by atoms with Gasteiger partial charge in [0.1, 0.15) is 11.2 Å². The largest absolute Gasteiger partial charge is 0.456 e. The Bertz CT molecular complexity index is 3510. The van der Waals surface area contributed by atoms with E-state index in [0.717, 1.165) is 41.2 Å². The van der Waals surface area contributed by atoms with Crippen LogP contribution in [-0.2, 0) is 6.42 Å². The SMILES string of the molecule is C1=Cc2cccc(C3=CCC(N(C4=CC5C=Cc6cc(-c7ccc8c(c7)oc7ccccc78)ccc6C5C=C4)c4cccc5c4sc4c(-c6ccccc6)cccc45)C=C3)c2CC1. The average molecular weight is 826 g/mol. The summed E-state index contributed by atoms with van der Waals surface area (Å²) >= 11 is 1.93. The van der Waals surface area contributed by atoms with Crippen molar-refractivity contribution >= 4 is 76.9 Å². The molecule has 7 aromatic carbocycles. The average Bonchev–Trinajstić information content (AvgIpc) is 3.93. The maximum Gasteiger partial charge on any atom is 0.136 e. The van der Waals surface area contributed by atoms with Crippen molar-refractivity contribution in [2.24, 2.45) is 5.92 Å². The van der Waals surface area contributed by atoms with Gasteiger partial charge < -0.3 is 9.32 Å². The number of thiophene rings is 1. The second-order valence-corrected chi connectivity index (χ2v) is 18.4. The normalized spacial score (nSPS) is 18.7. The third-order valence-electron chi connectivity index (χ3n) is 13.8. The molecular formula is C60H43NOS. The summed E-state index contributed by atoms with van der Waals surface area (Å²) in [4.78, 5) is 2.64. The Morgan fingerprint density at radius 1 is 0.556 bits per heavy atom. The van der Waals surface area contributed by atoms with Crippen molar-refractivity contribution in [2.45, 2.75) is 31.2 Å². The summed E-state index contributed by atoms with van der Waals surface area (Å²) in [6.07, 6.45) is 27.2. The van der Waals surface area contributed by atoms with E-state index in [2.05, 4.69) is 199 Å². The van der Waals surface area contributed by atoms with Gasteiger partial charge in [0.15, 0.2) is 0 Å². The van der Waals surface area contributed by atoms with Crippen LogP contribution in [0.25, 0.3) is 82.1 Å². The predicted octanol–water partition coefficient (Wildman–Crippen LogP) is 16.3. The van der Waals surface area contributed by atoms with Crippen LogP contribution in [0.4, 0.5) is 5.69 Å². The van der Waals surface area contributed by atoms with E-state index in [1.807, 2.05) is 23.5 Å². The first-order chi connectivity index (χ1) is 31.2. The predicted molar refractivity (Wildman–Crippen MR) is 268 cm³/mol. The van der Waals surface area contributed by atoms with E-state index in [9.17, 15) is 0 Å². The zero-order valence-corrected chi connectivity index (χ0v) is 35.6. The molecule has 0 bridgehead atoms. The minimum atomic E-state index is 0.150. The molecule has 4 aliphatic carbocycles. The molecule has 2 aromatic heterocycles. The number of hydrogen-bond acceptors (Lipinski definition) is 3.